The van der Waals surface area contributed by atoms with Crippen LogP contribution in [0.2, 0.25) is 0 Å². The molecule has 0 unspecified atom stereocenters. The van der Waals surface area contributed by atoms with E-state index in [-0.39, 0.29) is 23.5 Å². The highest BCUT2D eigenvalue weighted by Crippen LogP contribution is 2.41. The molecule has 0 spiro atoms. The van der Waals surface area contributed by atoms with Crippen LogP contribution < -0.4 is 9.91 Å². The van der Waals surface area contributed by atoms with Crippen molar-refractivity contribution >= 4 is 45.4 Å². The van der Waals surface area contributed by atoms with Crippen molar-refractivity contribution in [1.82, 2.24) is 4.98 Å². The number of nitrogens with zero attached hydrogens (tertiary/aromatic N) is 5. The van der Waals surface area contributed by atoms with Gasteiger partial charge in [0.25, 0.3) is 17.5 Å². The van der Waals surface area contributed by atoms with Gasteiger partial charge < -0.3 is 0 Å². The Morgan fingerprint density at radius 1 is 0.864 bits per heavy atom. The summed E-state index contributed by atoms with van der Waals surface area (Å²) in [6.07, 6.45) is 0.551. The van der Waals surface area contributed by atoms with Crippen LogP contribution in [0.3, 0.4) is 0 Å². The van der Waals surface area contributed by atoms with Gasteiger partial charge in [-0.15, -0.1) is 11.3 Å². The van der Waals surface area contributed by atoms with E-state index in [4.69, 9.17) is 10.1 Å². The van der Waals surface area contributed by atoms with Crippen molar-refractivity contribution in [1.29, 1.82) is 0 Å². The number of rotatable bonds is 6. The van der Waals surface area contributed by atoms with Gasteiger partial charge in [0.05, 0.1) is 39.2 Å². The molecule has 2 amide bonds. The fourth-order valence-corrected chi connectivity index (χ4v) is 6.56. The van der Waals surface area contributed by atoms with Gasteiger partial charge in [0.1, 0.15) is 0 Å². The summed E-state index contributed by atoms with van der Waals surface area (Å²) >= 11 is 1.41. The van der Waals surface area contributed by atoms with Crippen LogP contribution in [0.5, 0.6) is 0 Å². The van der Waals surface area contributed by atoms with E-state index in [1.807, 2.05) is 36.4 Å². The van der Waals surface area contributed by atoms with E-state index < -0.39 is 4.92 Å². The van der Waals surface area contributed by atoms with Gasteiger partial charge in [-0.25, -0.2) is 14.9 Å². The quantitative estimate of drug-likeness (QED) is 0.114. The van der Waals surface area contributed by atoms with Crippen LogP contribution in [0.4, 0.5) is 16.5 Å². The predicted molar refractivity (Wildman–Crippen MR) is 171 cm³/mol. The molecule has 1 aromatic heterocycles. The molecule has 1 atom stereocenters. The van der Waals surface area contributed by atoms with E-state index >= 15 is 0 Å². The minimum atomic E-state index is -0.391. The molecule has 216 valence electrons. The van der Waals surface area contributed by atoms with E-state index in [0.717, 1.165) is 33.5 Å². The number of amides is 2. The first kappa shape index (κ1) is 27.4. The molecule has 3 heterocycles. The number of nitro groups is 1. The number of non-ortho nitro benzene ring substituents is 1. The monoisotopic (exact) mass is 599 g/mol. The largest absolute Gasteiger partial charge is 0.269 e. The summed E-state index contributed by atoms with van der Waals surface area (Å²) in [5.41, 5.74) is 7.57. The van der Waals surface area contributed by atoms with Crippen LogP contribution in [0.1, 0.15) is 55.4 Å². The third-order valence-corrected chi connectivity index (χ3v) is 8.79. The number of thiazole rings is 1. The Kier molecular flexibility index (Phi) is 6.63. The van der Waals surface area contributed by atoms with Crippen molar-refractivity contribution < 1.29 is 14.5 Å². The number of benzene rings is 4. The second-order valence-electron chi connectivity index (χ2n) is 10.8. The molecule has 4 aromatic carbocycles. The van der Waals surface area contributed by atoms with Crippen molar-refractivity contribution in [2.75, 3.05) is 9.91 Å². The van der Waals surface area contributed by atoms with Crippen molar-refractivity contribution in [2.45, 2.75) is 26.3 Å². The molecule has 0 saturated heterocycles. The van der Waals surface area contributed by atoms with Gasteiger partial charge in [-0.05, 0) is 55.3 Å². The lowest BCUT2D eigenvalue weighted by molar-refractivity contribution is -0.384. The van der Waals surface area contributed by atoms with Crippen LogP contribution in [-0.2, 0) is 0 Å². The van der Waals surface area contributed by atoms with E-state index in [9.17, 15) is 19.7 Å². The zero-order valence-corrected chi connectivity index (χ0v) is 24.6. The Morgan fingerprint density at radius 3 is 2.36 bits per heavy atom. The Morgan fingerprint density at radius 2 is 1.61 bits per heavy atom. The minimum Gasteiger partial charge on any atom is -0.268 e. The smallest absolute Gasteiger partial charge is 0.268 e. The number of fused-ring (bicyclic) bond motifs is 1. The first-order valence-electron chi connectivity index (χ1n) is 14.0. The van der Waals surface area contributed by atoms with E-state index in [2.05, 4.69) is 18.2 Å². The molecule has 9 nitrogen and oxygen atoms in total. The molecular formula is C34H25N5O4S. The number of imide groups is 1. The summed E-state index contributed by atoms with van der Waals surface area (Å²) in [6.45, 7) is 4.09. The molecule has 0 saturated carbocycles. The predicted octanol–water partition coefficient (Wildman–Crippen LogP) is 7.49. The second kappa shape index (κ2) is 10.7. The Bertz CT molecular complexity index is 2000. The van der Waals surface area contributed by atoms with E-state index in [0.29, 0.717) is 34.1 Å². The van der Waals surface area contributed by atoms with Gasteiger partial charge in [-0.1, -0.05) is 54.1 Å². The Labute approximate surface area is 256 Å². The molecule has 0 bridgehead atoms. The average Bonchev–Trinajstić information content (AvgIpc) is 3.76. The van der Waals surface area contributed by atoms with Crippen molar-refractivity contribution in [2.24, 2.45) is 5.10 Å². The molecule has 0 fully saturated rings. The number of aryl methyl sites for hydroxylation is 2. The lowest BCUT2D eigenvalue weighted by atomic mass is 9.95. The average molecular weight is 600 g/mol. The third kappa shape index (κ3) is 4.65. The number of hydrogen-bond donors (Lipinski definition) is 0. The molecule has 2 aliphatic heterocycles. The van der Waals surface area contributed by atoms with Crippen molar-refractivity contribution in [3.63, 3.8) is 0 Å². The Balaban J connectivity index is 1.25. The number of hydrogen-bond acceptors (Lipinski definition) is 8. The zero-order valence-electron chi connectivity index (χ0n) is 23.8. The Hall–Kier alpha value is -5.48. The van der Waals surface area contributed by atoms with Crippen LogP contribution in [-0.4, -0.2) is 27.4 Å². The second-order valence-corrected chi connectivity index (χ2v) is 11.7. The number of aromatic nitrogens is 1. The molecule has 10 heteroatoms. The van der Waals surface area contributed by atoms with Gasteiger partial charge in [-0.3, -0.25) is 19.7 Å². The summed E-state index contributed by atoms with van der Waals surface area (Å²) in [5.74, 6) is -0.709. The maximum atomic E-state index is 13.1. The van der Waals surface area contributed by atoms with Crippen molar-refractivity contribution in [3.05, 3.63) is 140 Å². The molecule has 7 rings (SSSR count). The number of carbonyl (C=O) groups excluding carboxylic acids is 2. The summed E-state index contributed by atoms with van der Waals surface area (Å²) in [7, 11) is 0. The molecular weight excluding hydrogens is 574 g/mol. The molecule has 2 aliphatic rings. The highest BCUT2D eigenvalue weighted by Gasteiger charge is 2.37. The lowest BCUT2D eigenvalue weighted by Crippen LogP contribution is -2.29. The van der Waals surface area contributed by atoms with Gasteiger partial charge in [-0.2, -0.15) is 5.10 Å². The van der Waals surface area contributed by atoms with Gasteiger partial charge >= 0.3 is 0 Å². The number of nitro benzene ring substituents is 1. The normalized spacial score (nSPS) is 16.0. The topological polar surface area (TPSA) is 109 Å². The van der Waals surface area contributed by atoms with Crippen LogP contribution in [0.25, 0.3) is 11.3 Å². The first-order chi connectivity index (χ1) is 21.3. The number of anilines is 2. The van der Waals surface area contributed by atoms with Crippen LogP contribution in [0.15, 0.2) is 101 Å². The SMILES string of the molecule is Cc1ccc(C)c(C2=NN(c3nc(-c4cccc(N5C(=O)c6ccccc6C5=O)c4)cs3)[C@@H](c3cccc([N+](=O)[O-])c3)C2)c1. The maximum absolute atomic E-state index is 13.1. The van der Waals surface area contributed by atoms with Gasteiger partial charge in [0.15, 0.2) is 0 Å². The molecule has 5 aromatic rings. The fourth-order valence-electron chi connectivity index (χ4n) is 5.73. The van der Waals surface area contributed by atoms with E-state index in [1.54, 1.807) is 54.6 Å². The van der Waals surface area contributed by atoms with Crippen LogP contribution in [0, 0.1) is 24.0 Å². The van der Waals surface area contributed by atoms with Crippen molar-refractivity contribution in [3.8, 4) is 11.3 Å². The minimum absolute atomic E-state index is 0.0208. The summed E-state index contributed by atoms with van der Waals surface area (Å²) in [5, 5.41) is 21.0. The number of carbonyl (C=O) groups is 2. The van der Waals surface area contributed by atoms with Crippen LogP contribution >= 0.6 is 11.3 Å². The highest BCUT2D eigenvalue weighted by atomic mass is 32.1. The highest BCUT2D eigenvalue weighted by molar-refractivity contribution is 7.14. The number of hydrazone groups is 1. The summed E-state index contributed by atoms with van der Waals surface area (Å²) < 4.78 is 0. The fraction of sp³-hybridized carbons (Fsp3) is 0.118. The third-order valence-electron chi connectivity index (χ3n) is 7.96. The summed E-state index contributed by atoms with van der Waals surface area (Å²) in [6, 6.07) is 26.6. The molecule has 0 radical (unpaired) electrons. The van der Waals surface area contributed by atoms with E-state index in [1.165, 1.54) is 22.3 Å². The molecule has 0 aliphatic carbocycles. The van der Waals surface area contributed by atoms with Gasteiger partial charge in [0, 0.05) is 35.1 Å². The first-order valence-corrected chi connectivity index (χ1v) is 14.9. The molecule has 44 heavy (non-hydrogen) atoms. The molecule has 0 N–H and O–H groups in total. The van der Waals surface area contributed by atoms with Gasteiger partial charge in [0.2, 0.25) is 5.13 Å². The summed E-state index contributed by atoms with van der Waals surface area (Å²) in [4.78, 5) is 43.5. The maximum Gasteiger partial charge on any atom is 0.269 e. The zero-order chi connectivity index (χ0) is 30.5. The lowest BCUT2D eigenvalue weighted by Gasteiger charge is -2.21. The standard InChI is InChI=1S/C34H25N5O4S/c1-20-13-14-21(2)28(15-20)29-18-31(23-8-6-10-25(17-23)39(42)43)38(36-29)34-35-30(19-44-34)22-7-5-9-24(16-22)37-32(40)26-11-3-4-12-27(26)33(37)41/h3-17,19,31H,18H2,1-2H3/t31-/m1/s1.